The van der Waals surface area contributed by atoms with Gasteiger partial charge in [-0.1, -0.05) is 70.2 Å². The van der Waals surface area contributed by atoms with Crippen molar-refractivity contribution >= 4 is 78.4 Å². The number of aliphatic hydroxyl groups is 3. The fraction of sp³-hybridized carbons (Fsp3) is 0.381. The normalized spacial score (nSPS) is 16.7. The summed E-state index contributed by atoms with van der Waals surface area (Å²) < 4.78 is 9.35. The molecule has 4 aliphatic heterocycles. The third kappa shape index (κ3) is 15.8. The van der Waals surface area contributed by atoms with E-state index in [4.69, 9.17) is 34.8 Å². The summed E-state index contributed by atoms with van der Waals surface area (Å²) in [6.45, 7) is 21.0. The van der Waals surface area contributed by atoms with Gasteiger partial charge in [0.05, 0.1) is 41.3 Å². The SMILES string of the molecule is CN1CCc2c(n(CC(O)c3ccncc3)c3ccc(Cl)cc23)CC1.Cc1ccc(CCn2c3c(c4c(Cl)ccc(Cl)c42)CCN(C)C3)cn1.Cc1ccc2c(c1)c1c(n2CC(C)(O)c2cccnc2)CCN(C)CC1.Cc1ccc2c(c1)c1c(n2CC(C)(O)c2ccncc2)CCN(C)CC1. The van der Waals surface area contributed by atoms with Gasteiger partial charge in [-0.15, -0.1) is 0 Å². The Kier molecular flexibility index (Phi) is 22.3. The molecule has 8 aromatic heterocycles. The Bertz CT molecular complexity index is 4760. The Balaban J connectivity index is 0.000000121. The molecule has 18 heteroatoms. The third-order valence-corrected chi connectivity index (χ3v) is 22.5. The number of likely N-dealkylation sites (N-methyl/N-ethyl adjacent to an activating group) is 4. The lowest BCUT2D eigenvalue weighted by Gasteiger charge is -2.26. The molecule has 0 radical (unpaired) electrons. The van der Waals surface area contributed by atoms with Crippen molar-refractivity contribution in [2.24, 2.45) is 0 Å². The first-order valence-corrected chi connectivity index (χ1v) is 37.2. The van der Waals surface area contributed by atoms with E-state index >= 15 is 0 Å². The minimum atomic E-state index is -0.961. The average molecular weight is 1430 g/mol. The second-order valence-electron chi connectivity index (χ2n) is 29.4. The summed E-state index contributed by atoms with van der Waals surface area (Å²) in [5.74, 6) is 0. The zero-order valence-electron chi connectivity index (χ0n) is 60.6. The molecule has 0 amide bonds. The topological polar surface area (TPSA) is 145 Å². The van der Waals surface area contributed by atoms with Crippen molar-refractivity contribution < 1.29 is 15.3 Å². The number of pyridine rings is 4. The highest BCUT2D eigenvalue weighted by Crippen LogP contribution is 2.41. The first kappa shape index (κ1) is 72.6. The Hall–Kier alpha value is -7.77. The average Bonchev–Trinajstić information content (AvgIpc) is 1.61. The summed E-state index contributed by atoms with van der Waals surface area (Å²) in [6.07, 6.45) is 20.0. The molecule has 0 fully saturated rings. The maximum atomic E-state index is 11.2. The Morgan fingerprint density at radius 1 is 0.471 bits per heavy atom. The molecule has 12 heterocycles. The lowest BCUT2D eigenvalue weighted by molar-refractivity contribution is 0.0381. The van der Waals surface area contributed by atoms with E-state index in [1.807, 2.05) is 81.6 Å². The number of benzene rings is 4. The van der Waals surface area contributed by atoms with E-state index in [2.05, 4.69) is 161 Å². The zero-order valence-corrected chi connectivity index (χ0v) is 62.8. The number of fused-ring (bicyclic) bond motifs is 12. The van der Waals surface area contributed by atoms with Crippen LogP contribution in [0, 0.1) is 20.8 Å². The fourth-order valence-electron chi connectivity index (χ4n) is 15.8. The number of rotatable bonds is 12. The molecular formula is C84H97Cl3N12O3. The quantitative estimate of drug-likeness (QED) is 0.107. The number of aryl methyl sites for hydroxylation is 5. The number of aliphatic hydroxyl groups excluding tert-OH is 1. The van der Waals surface area contributed by atoms with Crippen LogP contribution >= 0.6 is 34.8 Å². The van der Waals surface area contributed by atoms with E-state index in [9.17, 15) is 15.3 Å². The van der Waals surface area contributed by atoms with Gasteiger partial charge >= 0.3 is 0 Å². The molecule has 4 aromatic carbocycles. The first-order valence-electron chi connectivity index (χ1n) is 36.1. The van der Waals surface area contributed by atoms with Crippen LogP contribution in [0.1, 0.15) is 104 Å². The van der Waals surface area contributed by atoms with Crippen molar-refractivity contribution in [1.29, 1.82) is 0 Å². The standard InChI is InChI=1S/2C22H27N3O.C20H21Cl2N3.C20H22ClN3O/c1-16-4-5-20-19(14-16)18-8-12-24(3)13-9-21(18)25(20)15-22(2,26)17-6-10-23-11-7-17;1-16-6-7-20-19(13-16)18-8-11-24(3)12-9-21(18)25(20)15-22(2,26)17-5-4-10-23-14-17;1-13-3-4-14(11-23-13)7-10-25-18-12-24(2)9-8-15(18)19-16(21)5-6-17(22)20(19)25;1-23-10-6-16-17-12-15(21)2-3-18(17)24(19(16)7-11-23)13-20(25)14-4-8-22-9-5-14/h4-7,10-11,14,26H,8-9,12-13,15H2,1-3H3;4-7,10,13-14,26H,8-9,11-12,15H2,1-3H3;3-6,11H,7-10,12H2,1-2H3;2-5,8-9,12,20,25H,6-7,10-11,13H2,1H3. The van der Waals surface area contributed by atoms with Crippen LogP contribution in [0.25, 0.3) is 43.6 Å². The van der Waals surface area contributed by atoms with Crippen LogP contribution in [0.2, 0.25) is 15.1 Å². The van der Waals surface area contributed by atoms with Crippen LogP contribution in [0.5, 0.6) is 0 Å². The number of nitrogens with zero attached hydrogens (tertiary/aromatic N) is 12. The lowest BCUT2D eigenvalue weighted by atomic mass is 9.97. The number of hydrogen-bond donors (Lipinski definition) is 3. The summed E-state index contributed by atoms with van der Waals surface area (Å²) in [5.41, 5.74) is 21.4. The summed E-state index contributed by atoms with van der Waals surface area (Å²) >= 11 is 19.4. The molecule has 15 nitrogen and oxygen atoms in total. The van der Waals surface area contributed by atoms with E-state index in [0.29, 0.717) is 19.6 Å². The highest BCUT2D eigenvalue weighted by molar-refractivity contribution is 6.40. The Labute approximate surface area is 615 Å². The van der Waals surface area contributed by atoms with Gasteiger partial charge in [-0.05, 0) is 225 Å². The maximum Gasteiger partial charge on any atom is 0.106 e. The van der Waals surface area contributed by atoms with Crippen molar-refractivity contribution in [3.05, 3.63) is 258 Å². The van der Waals surface area contributed by atoms with Crippen LogP contribution in [0.4, 0.5) is 0 Å². The molecule has 3 atom stereocenters. The molecule has 0 saturated heterocycles. The van der Waals surface area contributed by atoms with Gasteiger partial charge < -0.3 is 53.2 Å². The number of aromatic nitrogens is 8. The van der Waals surface area contributed by atoms with Crippen molar-refractivity contribution in [1.82, 2.24) is 57.8 Å². The monoisotopic (exact) mass is 1430 g/mol. The van der Waals surface area contributed by atoms with Crippen molar-refractivity contribution in [3.8, 4) is 0 Å². The minimum absolute atomic E-state index is 0.539. The minimum Gasteiger partial charge on any atom is -0.387 e. The molecule has 3 unspecified atom stereocenters. The van der Waals surface area contributed by atoms with Crippen LogP contribution in [0.15, 0.2) is 159 Å². The van der Waals surface area contributed by atoms with Crippen LogP contribution in [-0.2, 0) is 95.3 Å². The second kappa shape index (κ2) is 31.3. The Morgan fingerprint density at radius 3 is 1.53 bits per heavy atom. The molecular weight excluding hydrogens is 1330 g/mol. The molecule has 16 rings (SSSR count). The molecule has 0 bridgehead atoms. The molecule has 0 spiro atoms. The van der Waals surface area contributed by atoms with E-state index in [-0.39, 0.29) is 0 Å². The molecule has 0 saturated carbocycles. The molecule has 102 heavy (non-hydrogen) atoms. The third-order valence-electron chi connectivity index (χ3n) is 21.6. The predicted octanol–water partition coefficient (Wildman–Crippen LogP) is 14.9. The van der Waals surface area contributed by atoms with Crippen LogP contribution in [0.3, 0.4) is 0 Å². The fourth-order valence-corrected chi connectivity index (χ4v) is 16.5. The van der Waals surface area contributed by atoms with E-state index < -0.39 is 17.3 Å². The molecule has 4 aliphatic rings. The van der Waals surface area contributed by atoms with Gasteiger partial charge in [0.15, 0.2) is 0 Å². The molecule has 3 N–H and O–H groups in total. The van der Waals surface area contributed by atoms with Crippen molar-refractivity contribution in [3.63, 3.8) is 0 Å². The van der Waals surface area contributed by atoms with Crippen LogP contribution < -0.4 is 0 Å². The first-order chi connectivity index (χ1) is 49.1. The lowest BCUT2D eigenvalue weighted by Crippen LogP contribution is -2.29. The van der Waals surface area contributed by atoms with Gasteiger partial charge in [0, 0.05) is 199 Å². The summed E-state index contributed by atoms with van der Waals surface area (Å²) in [7, 11) is 8.71. The highest BCUT2D eigenvalue weighted by atomic mass is 35.5. The summed E-state index contributed by atoms with van der Waals surface area (Å²) in [4.78, 5) is 26.2. The van der Waals surface area contributed by atoms with Crippen molar-refractivity contribution in [2.75, 3.05) is 74.0 Å². The molecule has 532 valence electrons. The molecule has 0 aliphatic carbocycles. The predicted molar refractivity (Wildman–Crippen MR) is 416 cm³/mol. The van der Waals surface area contributed by atoms with Gasteiger partial charge in [0.25, 0.3) is 0 Å². The van der Waals surface area contributed by atoms with Crippen LogP contribution in [-0.4, -0.2) is 147 Å². The van der Waals surface area contributed by atoms with Crippen molar-refractivity contribution in [2.45, 2.75) is 136 Å². The van der Waals surface area contributed by atoms with E-state index in [1.165, 1.54) is 88.9 Å². The molecule has 12 aromatic rings. The van der Waals surface area contributed by atoms with Gasteiger partial charge in [-0.3, -0.25) is 19.9 Å². The number of halogens is 3. The van der Waals surface area contributed by atoms with Gasteiger partial charge in [0.2, 0.25) is 0 Å². The van der Waals surface area contributed by atoms with Gasteiger partial charge in [-0.2, -0.15) is 0 Å². The zero-order chi connectivity index (χ0) is 71.6. The van der Waals surface area contributed by atoms with E-state index in [0.717, 1.165) is 164 Å². The largest absolute Gasteiger partial charge is 0.387 e. The smallest absolute Gasteiger partial charge is 0.106 e. The van der Waals surface area contributed by atoms with Gasteiger partial charge in [0.1, 0.15) is 11.2 Å². The highest BCUT2D eigenvalue weighted by Gasteiger charge is 2.32. The second-order valence-corrected chi connectivity index (χ2v) is 30.6. The number of hydrogen-bond acceptors (Lipinski definition) is 11. The summed E-state index contributed by atoms with van der Waals surface area (Å²) in [6, 6.07) is 38.9. The van der Waals surface area contributed by atoms with Gasteiger partial charge in [-0.25, -0.2) is 0 Å². The van der Waals surface area contributed by atoms with E-state index in [1.54, 1.807) is 37.2 Å². The Morgan fingerprint density at radius 2 is 0.971 bits per heavy atom. The maximum absolute atomic E-state index is 11.2. The summed E-state index contributed by atoms with van der Waals surface area (Å²) in [5, 5.41) is 40.6.